The molecule has 0 aliphatic carbocycles. The van der Waals surface area contributed by atoms with Crippen molar-refractivity contribution in [3.63, 3.8) is 0 Å². The van der Waals surface area contributed by atoms with Crippen LogP contribution in [0.1, 0.15) is 43.5 Å². The molecular weight excluding hydrogens is 182 g/mol. The largest absolute Gasteiger partial charge is 0.310 e. The highest BCUT2D eigenvalue weighted by molar-refractivity contribution is 5.36. The number of rotatable bonds is 4. The Hall–Kier alpha value is -0.820. The maximum atomic E-state index is 3.58. The van der Waals surface area contributed by atoms with Crippen LogP contribution < -0.4 is 5.32 Å². The summed E-state index contributed by atoms with van der Waals surface area (Å²) in [5, 5.41) is 3.58. The van der Waals surface area contributed by atoms with Crippen LogP contribution in [0.5, 0.6) is 0 Å². The van der Waals surface area contributed by atoms with Crippen LogP contribution in [0.15, 0.2) is 18.2 Å². The van der Waals surface area contributed by atoms with Gasteiger partial charge in [-0.15, -0.1) is 0 Å². The number of hydrogen-bond acceptors (Lipinski definition) is 1. The summed E-state index contributed by atoms with van der Waals surface area (Å²) in [6, 6.07) is 7.03. The molecule has 1 N–H and O–H groups in total. The van der Waals surface area contributed by atoms with E-state index in [0.29, 0.717) is 12.0 Å². The van der Waals surface area contributed by atoms with Gasteiger partial charge in [0.1, 0.15) is 0 Å². The van der Waals surface area contributed by atoms with Gasteiger partial charge in [0, 0.05) is 6.04 Å². The number of hydrogen-bond donors (Lipinski definition) is 1. The molecule has 0 saturated heterocycles. The van der Waals surface area contributed by atoms with Crippen molar-refractivity contribution in [3.8, 4) is 0 Å². The molecule has 0 bridgehead atoms. The van der Waals surface area contributed by atoms with Crippen LogP contribution in [0.3, 0.4) is 0 Å². The molecule has 84 valence electrons. The molecule has 0 heterocycles. The topological polar surface area (TPSA) is 12.0 Å². The third-order valence-corrected chi connectivity index (χ3v) is 2.94. The van der Waals surface area contributed by atoms with Gasteiger partial charge in [-0.3, -0.25) is 0 Å². The molecule has 0 saturated carbocycles. The highest BCUT2D eigenvalue weighted by Crippen LogP contribution is 2.27. The fourth-order valence-corrected chi connectivity index (χ4v) is 2.21. The molecule has 1 rings (SSSR count). The van der Waals surface area contributed by atoms with E-state index in [-0.39, 0.29) is 0 Å². The Labute approximate surface area is 93.9 Å². The van der Waals surface area contributed by atoms with Crippen LogP contribution in [0.4, 0.5) is 0 Å². The molecule has 1 nitrogen and oxygen atoms in total. The van der Waals surface area contributed by atoms with Gasteiger partial charge >= 0.3 is 0 Å². The molecular formula is C14H23N. The van der Waals surface area contributed by atoms with E-state index in [2.05, 4.69) is 58.1 Å². The van der Waals surface area contributed by atoms with Crippen LogP contribution in [0, 0.1) is 19.8 Å². The van der Waals surface area contributed by atoms with Crippen molar-refractivity contribution in [2.24, 2.45) is 5.92 Å². The second kappa shape index (κ2) is 5.32. The Bertz CT molecular complexity index is 295. The zero-order valence-electron chi connectivity index (χ0n) is 10.6. The van der Waals surface area contributed by atoms with Crippen molar-refractivity contribution in [3.05, 3.63) is 34.9 Å². The van der Waals surface area contributed by atoms with E-state index in [1.165, 1.54) is 16.7 Å². The highest BCUT2D eigenvalue weighted by atomic mass is 14.9. The molecule has 1 atom stereocenters. The van der Waals surface area contributed by atoms with E-state index in [0.717, 1.165) is 6.54 Å². The molecule has 0 amide bonds. The normalized spacial score (nSPS) is 13.2. The van der Waals surface area contributed by atoms with Crippen molar-refractivity contribution in [1.82, 2.24) is 5.32 Å². The predicted molar refractivity (Wildman–Crippen MR) is 67.2 cm³/mol. The quantitative estimate of drug-likeness (QED) is 0.791. The Kier molecular flexibility index (Phi) is 4.34. The summed E-state index contributed by atoms with van der Waals surface area (Å²) in [5.74, 6) is 0.629. The zero-order valence-corrected chi connectivity index (χ0v) is 10.6. The molecule has 1 heteroatoms. The Morgan fingerprint density at radius 1 is 1.13 bits per heavy atom. The van der Waals surface area contributed by atoms with E-state index in [1.54, 1.807) is 0 Å². The average molecular weight is 205 g/mol. The van der Waals surface area contributed by atoms with E-state index in [4.69, 9.17) is 0 Å². The van der Waals surface area contributed by atoms with E-state index >= 15 is 0 Å². The van der Waals surface area contributed by atoms with Gasteiger partial charge in [0.25, 0.3) is 0 Å². The van der Waals surface area contributed by atoms with Crippen molar-refractivity contribution in [2.75, 3.05) is 6.54 Å². The van der Waals surface area contributed by atoms with Crippen molar-refractivity contribution >= 4 is 0 Å². The van der Waals surface area contributed by atoms with Gasteiger partial charge in [0.15, 0.2) is 0 Å². The second-order valence-corrected chi connectivity index (χ2v) is 4.58. The monoisotopic (exact) mass is 205 g/mol. The van der Waals surface area contributed by atoms with Gasteiger partial charge in [0.2, 0.25) is 0 Å². The first kappa shape index (κ1) is 12.3. The lowest BCUT2D eigenvalue weighted by atomic mass is 9.89. The molecule has 0 radical (unpaired) electrons. The fourth-order valence-electron chi connectivity index (χ4n) is 2.21. The molecule has 1 unspecified atom stereocenters. The molecule has 0 aliphatic rings. The van der Waals surface area contributed by atoms with Crippen molar-refractivity contribution < 1.29 is 0 Å². The van der Waals surface area contributed by atoms with Gasteiger partial charge in [-0.2, -0.15) is 0 Å². The van der Waals surface area contributed by atoms with E-state index in [9.17, 15) is 0 Å². The molecule has 0 spiro atoms. The minimum atomic E-state index is 0.483. The Balaban J connectivity index is 3.10. The van der Waals surface area contributed by atoms with Crippen LogP contribution in [-0.2, 0) is 0 Å². The van der Waals surface area contributed by atoms with Crippen molar-refractivity contribution in [1.29, 1.82) is 0 Å². The lowest BCUT2D eigenvalue weighted by molar-refractivity contribution is 0.418. The minimum Gasteiger partial charge on any atom is -0.310 e. The van der Waals surface area contributed by atoms with E-state index in [1.807, 2.05) is 0 Å². The zero-order chi connectivity index (χ0) is 11.4. The van der Waals surface area contributed by atoms with Crippen LogP contribution >= 0.6 is 0 Å². The molecule has 0 aliphatic heterocycles. The maximum absolute atomic E-state index is 3.58. The molecule has 1 aromatic rings. The summed E-state index contributed by atoms with van der Waals surface area (Å²) >= 11 is 0. The lowest BCUT2D eigenvalue weighted by Crippen LogP contribution is -2.26. The maximum Gasteiger partial charge on any atom is 0.0348 e. The summed E-state index contributed by atoms with van der Waals surface area (Å²) in [4.78, 5) is 0. The molecule has 0 aromatic heterocycles. The van der Waals surface area contributed by atoms with Gasteiger partial charge in [-0.25, -0.2) is 0 Å². The first-order chi connectivity index (χ1) is 7.07. The highest BCUT2D eigenvalue weighted by Gasteiger charge is 2.17. The summed E-state index contributed by atoms with van der Waals surface area (Å²) in [5.41, 5.74) is 4.28. The number of nitrogens with one attached hydrogen (secondary N) is 1. The third-order valence-electron chi connectivity index (χ3n) is 2.94. The van der Waals surface area contributed by atoms with E-state index < -0.39 is 0 Å². The summed E-state index contributed by atoms with van der Waals surface area (Å²) in [6.07, 6.45) is 0. The van der Waals surface area contributed by atoms with Gasteiger partial charge in [0.05, 0.1) is 0 Å². The lowest BCUT2D eigenvalue weighted by Gasteiger charge is -2.25. The van der Waals surface area contributed by atoms with Crippen molar-refractivity contribution in [2.45, 2.75) is 40.7 Å². The van der Waals surface area contributed by atoms with Gasteiger partial charge in [-0.05, 0) is 43.0 Å². The second-order valence-electron chi connectivity index (χ2n) is 4.58. The third kappa shape index (κ3) is 2.82. The Morgan fingerprint density at radius 2 is 1.67 bits per heavy atom. The minimum absolute atomic E-state index is 0.483. The molecule has 15 heavy (non-hydrogen) atoms. The smallest absolute Gasteiger partial charge is 0.0348 e. The summed E-state index contributed by atoms with van der Waals surface area (Å²) < 4.78 is 0. The average Bonchev–Trinajstić information content (AvgIpc) is 2.15. The number of benzene rings is 1. The van der Waals surface area contributed by atoms with Crippen LogP contribution in [-0.4, -0.2) is 6.54 Å². The Morgan fingerprint density at radius 3 is 2.07 bits per heavy atom. The predicted octanol–water partition coefficient (Wildman–Crippen LogP) is 3.61. The first-order valence-electron chi connectivity index (χ1n) is 5.87. The van der Waals surface area contributed by atoms with Crippen LogP contribution in [0.25, 0.3) is 0 Å². The van der Waals surface area contributed by atoms with Gasteiger partial charge in [-0.1, -0.05) is 39.0 Å². The summed E-state index contributed by atoms with van der Waals surface area (Å²) in [7, 11) is 0. The summed E-state index contributed by atoms with van der Waals surface area (Å²) in [6.45, 7) is 12.2. The molecule has 0 fully saturated rings. The standard InChI is InChI=1S/C14H23N/c1-6-15-14(10(2)3)13-11(4)8-7-9-12(13)5/h7-10,14-15H,6H2,1-5H3. The number of aryl methyl sites for hydroxylation is 2. The van der Waals surface area contributed by atoms with Crippen LogP contribution in [0.2, 0.25) is 0 Å². The fraction of sp³-hybridized carbons (Fsp3) is 0.571. The first-order valence-corrected chi connectivity index (χ1v) is 5.87. The molecule has 1 aromatic carbocycles. The SMILES string of the molecule is CCNC(c1c(C)cccc1C)C(C)C. The van der Waals surface area contributed by atoms with Gasteiger partial charge < -0.3 is 5.32 Å².